The lowest BCUT2D eigenvalue weighted by Crippen LogP contribution is -2.47. The summed E-state index contributed by atoms with van der Waals surface area (Å²) in [4.78, 5) is 0. The highest BCUT2D eigenvalue weighted by Crippen LogP contribution is 2.59. The van der Waals surface area contributed by atoms with Gasteiger partial charge in [-0.3, -0.25) is 0 Å². The number of ether oxygens (including phenoxy) is 2. The number of aryl methyl sites for hydroxylation is 1. The smallest absolute Gasteiger partial charge is 0.199 e. The van der Waals surface area contributed by atoms with Crippen molar-refractivity contribution in [2.24, 2.45) is 28.6 Å². The number of hydrogen-bond donors (Lipinski definition) is 0. The van der Waals surface area contributed by atoms with Crippen LogP contribution in [0.25, 0.3) is 0 Å². The zero-order chi connectivity index (χ0) is 27.6. The largest absolute Gasteiger partial charge is 0.465 e. The average molecular weight is 539 g/mol. The van der Waals surface area contributed by atoms with Crippen molar-refractivity contribution in [3.05, 3.63) is 29.8 Å². The molecule has 3 saturated carbocycles. The second kappa shape index (κ2) is 15.3. The first kappa shape index (κ1) is 30.9. The number of hydrogen-bond acceptors (Lipinski definition) is 2. The van der Waals surface area contributed by atoms with Crippen molar-refractivity contribution in [3.63, 3.8) is 0 Å². The summed E-state index contributed by atoms with van der Waals surface area (Å²) in [7, 11) is 0. The summed E-state index contributed by atoms with van der Waals surface area (Å²) in [5, 5.41) is 0. The first-order valence-electron chi connectivity index (χ1n) is 17.3. The highest BCUT2D eigenvalue weighted by molar-refractivity contribution is 5.27. The van der Waals surface area contributed by atoms with E-state index in [4.69, 9.17) is 9.47 Å². The van der Waals surface area contributed by atoms with Crippen LogP contribution < -0.4 is 4.74 Å². The Bertz CT molecular complexity index is 742. The van der Waals surface area contributed by atoms with Crippen LogP contribution in [0.3, 0.4) is 0 Å². The summed E-state index contributed by atoms with van der Waals surface area (Å²) in [5.41, 5.74) is 2.35. The lowest BCUT2D eigenvalue weighted by atomic mass is 9.50. The molecule has 222 valence electrons. The molecule has 4 rings (SSSR count). The molecule has 0 heterocycles. The molecule has 3 aliphatic carbocycles. The summed E-state index contributed by atoms with van der Waals surface area (Å²) in [6, 6.07) is 8.84. The van der Waals surface area contributed by atoms with Crippen LogP contribution >= 0.6 is 0 Å². The van der Waals surface area contributed by atoms with E-state index in [0.29, 0.717) is 17.4 Å². The minimum atomic E-state index is -0.128. The third-order valence-corrected chi connectivity index (χ3v) is 10.9. The second-order valence-corrected chi connectivity index (χ2v) is 14.7. The van der Waals surface area contributed by atoms with Crippen molar-refractivity contribution in [2.75, 3.05) is 6.61 Å². The van der Waals surface area contributed by atoms with Crippen LogP contribution in [0.5, 0.6) is 5.75 Å². The Labute approximate surface area is 242 Å². The van der Waals surface area contributed by atoms with Gasteiger partial charge in [0.2, 0.25) is 0 Å². The van der Waals surface area contributed by atoms with Crippen molar-refractivity contribution < 1.29 is 9.47 Å². The van der Waals surface area contributed by atoms with Gasteiger partial charge in [-0.2, -0.15) is 0 Å². The Morgan fingerprint density at radius 1 is 0.692 bits per heavy atom. The molecule has 3 fully saturated rings. The molecule has 39 heavy (non-hydrogen) atoms. The molecule has 1 aromatic rings. The summed E-state index contributed by atoms with van der Waals surface area (Å²) >= 11 is 0. The summed E-state index contributed by atoms with van der Waals surface area (Å²) in [6.45, 7) is 9.80. The van der Waals surface area contributed by atoms with Gasteiger partial charge in [0.05, 0.1) is 0 Å². The van der Waals surface area contributed by atoms with E-state index >= 15 is 0 Å². The fraction of sp³-hybridized carbons (Fsp3) is 0.838. The first-order chi connectivity index (χ1) is 18.9. The fourth-order valence-corrected chi connectivity index (χ4v) is 8.88. The van der Waals surface area contributed by atoms with Gasteiger partial charge in [0.15, 0.2) is 6.29 Å². The Morgan fingerprint density at radius 2 is 1.18 bits per heavy atom. The van der Waals surface area contributed by atoms with E-state index in [1.54, 1.807) is 0 Å². The van der Waals surface area contributed by atoms with Crippen LogP contribution in [-0.2, 0) is 11.2 Å². The molecular weight excluding hydrogens is 476 g/mol. The minimum Gasteiger partial charge on any atom is -0.465 e. The zero-order valence-corrected chi connectivity index (χ0v) is 26.3. The van der Waals surface area contributed by atoms with E-state index in [9.17, 15) is 0 Å². The van der Waals surface area contributed by atoms with Crippen LogP contribution in [0.1, 0.15) is 155 Å². The normalized spacial score (nSPS) is 21.6. The molecule has 1 atom stereocenters. The summed E-state index contributed by atoms with van der Waals surface area (Å²) < 4.78 is 12.7. The third kappa shape index (κ3) is 8.98. The highest BCUT2D eigenvalue weighted by atomic mass is 16.7. The maximum absolute atomic E-state index is 6.48. The molecule has 2 heteroatoms. The lowest BCUT2D eigenvalue weighted by Gasteiger charge is -2.55. The monoisotopic (exact) mass is 538 g/mol. The van der Waals surface area contributed by atoms with Crippen molar-refractivity contribution in [3.8, 4) is 5.75 Å². The van der Waals surface area contributed by atoms with E-state index in [-0.39, 0.29) is 6.29 Å². The molecule has 0 amide bonds. The van der Waals surface area contributed by atoms with Crippen LogP contribution in [0.2, 0.25) is 0 Å². The Morgan fingerprint density at radius 3 is 1.62 bits per heavy atom. The van der Waals surface area contributed by atoms with Gasteiger partial charge in [0, 0.05) is 13.0 Å². The molecule has 0 saturated heterocycles. The number of rotatable bonds is 13. The SMILES string of the molecule is CCOC(CCCC(C1CCCCC1)(C1CCCCC1)C1CCCCC1)Oc1ccc(CCC(C)(C)C)cc1. The predicted octanol–water partition coefficient (Wildman–Crippen LogP) is 11.3. The molecule has 3 aliphatic rings. The Kier molecular flexibility index (Phi) is 12.1. The standard InChI is InChI=1S/C37H62O2/c1-5-38-35(39-34-25-23-30(24-26-34)27-29-36(2,3)4)22-15-28-37(31-16-9-6-10-17-31,32-18-11-7-12-19-32)33-20-13-8-14-21-33/h23-26,31-33,35H,5-22,27-29H2,1-4H3. The van der Waals surface area contributed by atoms with E-state index in [2.05, 4.69) is 52.0 Å². The summed E-state index contributed by atoms with van der Waals surface area (Å²) in [5.74, 6) is 3.85. The van der Waals surface area contributed by atoms with Gasteiger partial charge >= 0.3 is 0 Å². The van der Waals surface area contributed by atoms with Crippen molar-refractivity contribution >= 4 is 0 Å². The molecule has 1 unspecified atom stereocenters. The van der Waals surface area contributed by atoms with Crippen molar-refractivity contribution in [1.82, 2.24) is 0 Å². The van der Waals surface area contributed by atoms with Gasteiger partial charge in [-0.1, -0.05) is 90.7 Å². The topological polar surface area (TPSA) is 18.5 Å². The maximum Gasteiger partial charge on any atom is 0.199 e. The third-order valence-electron chi connectivity index (χ3n) is 10.9. The molecule has 2 nitrogen and oxygen atoms in total. The van der Waals surface area contributed by atoms with Gasteiger partial charge in [-0.25, -0.2) is 0 Å². The molecular formula is C37H62O2. The molecule has 1 aromatic carbocycles. The molecule has 0 bridgehead atoms. The van der Waals surface area contributed by atoms with Crippen LogP contribution in [-0.4, -0.2) is 12.9 Å². The second-order valence-electron chi connectivity index (χ2n) is 14.7. The molecule has 0 aliphatic heterocycles. The van der Waals surface area contributed by atoms with Gasteiger partial charge in [-0.15, -0.1) is 0 Å². The minimum absolute atomic E-state index is 0.128. The van der Waals surface area contributed by atoms with Gasteiger partial charge in [-0.05, 0) is 117 Å². The quantitative estimate of drug-likeness (QED) is 0.232. The number of benzene rings is 1. The molecule has 0 N–H and O–H groups in total. The molecule has 0 aromatic heterocycles. The summed E-state index contributed by atoms with van der Waals surface area (Å²) in [6.07, 6.45) is 28.1. The van der Waals surface area contributed by atoms with Crippen LogP contribution in [0.15, 0.2) is 24.3 Å². The zero-order valence-electron chi connectivity index (χ0n) is 26.3. The highest BCUT2D eigenvalue weighted by Gasteiger charge is 2.50. The molecule has 0 spiro atoms. The van der Waals surface area contributed by atoms with E-state index in [0.717, 1.165) is 36.3 Å². The van der Waals surface area contributed by atoms with E-state index < -0.39 is 0 Å². The average Bonchev–Trinajstić information content (AvgIpc) is 2.96. The predicted molar refractivity (Wildman–Crippen MR) is 166 cm³/mol. The van der Waals surface area contributed by atoms with Crippen molar-refractivity contribution in [1.29, 1.82) is 0 Å². The van der Waals surface area contributed by atoms with Crippen LogP contribution in [0.4, 0.5) is 0 Å². The lowest BCUT2D eigenvalue weighted by molar-refractivity contribution is -0.0918. The molecule has 0 radical (unpaired) electrons. The first-order valence-corrected chi connectivity index (χ1v) is 17.3. The maximum atomic E-state index is 6.48. The van der Waals surface area contributed by atoms with Crippen molar-refractivity contribution in [2.45, 2.75) is 162 Å². The van der Waals surface area contributed by atoms with Gasteiger partial charge < -0.3 is 9.47 Å². The Balaban J connectivity index is 1.43. The van der Waals surface area contributed by atoms with Gasteiger partial charge in [0.1, 0.15) is 5.75 Å². The Hall–Kier alpha value is -1.02. The van der Waals surface area contributed by atoms with E-state index in [1.807, 2.05) is 0 Å². The van der Waals surface area contributed by atoms with Crippen LogP contribution in [0, 0.1) is 28.6 Å². The van der Waals surface area contributed by atoms with E-state index in [1.165, 1.54) is 121 Å². The van der Waals surface area contributed by atoms with Gasteiger partial charge in [0.25, 0.3) is 0 Å². The fourth-order valence-electron chi connectivity index (χ4n) is 8.88.